The van der Waals surface area contributed by atoms with Crippen LogP contribution in [0.5, 0.6) is 0 Å². The number of hydrogen-bond donors (Lipinski definition) is 19. The molecule has 0 bridgehead atoms. The van der Waals surface area contributed by atoms with Crippen molar-refractivity contribution in [2.75, 3.05) is 46.2 Å². The van der Waals surface area contributed by atoms with E-state index in [2.05, 4.69) is 0 Å². The number of aliphatic carboxylic acids is 1. The summed E-state index contributed by atoms with van der Waals surface area (Å²) in [6.07, 6.45) is -61.2. The normalized spacial score (nSPS) is 53.3. The fraction of sp³-hybridized carbons (Fsp3) is 0.976. The molecule has 19 N–H and O–H groups in total. The molecule has 0 aromatic carbocycles. The maximum atomic E-state index is 12.1. The fourth-order valence-corrected chi connectivity index (χ4v) is 9.62. The van der Waals surface area contributed by atoms with Crippen LogP contribution in [0, 0.1) is 0 Å². The minimum Gasteiger partial charge on any atom is -0.479 e. The van der Waals surface area contributed by atoms with Crippen LogP contribution in [0.2, 0.25) is 0 Å². The molecule has 440 valence electrons. The second-order valence-corrected chi connectivity index (χ2v) is 19.1. The number of rotatable bonds is 18. The lowest BCUT2D eigenvalue weighted by Gasteiger charge is -2.47. The summed E-state index contributed by atoms with van der Waals surface area (Å²) in [4.78, 5) is 11.8. The molecule has 0 aliphatic carbocycles. The average molecular weight is 1120 g/mol. The minimum absolute atomic E-state index is 0.552. The van der Waals surface area contributed by atoms with Crippen LogP contribution in [-0.4, -0.2) is 352 Å². The predicted octanol–water partition coefficient (Wildman–Crippen LogP) is -13.9. The number of carboxylic acid groups (broad SMARTS) is 1. The van der Waals surface area contributed by atoms with E-state index in [1.807, 2.05) is 0 Å². The van der Waals surface area contributed by atoms with Crippen LogP contribution in [0.4, 0.5) is 0 Å². The second-order valence-electron chi connectivity index (χ2n) is 19.1. The Bertz CT molecular complexity index is 1850. The summed E-state index contributed by atoms with van der Waals surface area (Å²) in [5, 5.41) is 200. The molecule has 8 saturated heterocycles. The van der Waals surface area contributed by atoms with Crippen LogP contribution in [-0.2, 0) is 75.8 Å². The standard InChI is InChI=1S/C41H66O35/c42-1-9-16(47)23(54)37(66-9)72-28-14(71-40-31(15(46)8(45)4-63-40)75-39-25(56)20(51)21(52)30(74-39)33(59)60)7-65-36(26(28)57)70-13-6-64-35(69-12-5-62-34(61)22(53)18(12)49)27(58)29(13)73-41-32(19(50)11(3-44)68-41)76-38-24(55)17(48)10(2-43)67-38/h8-32,34-58,61H,1-7H2,(H,59,60). The largest absolute Gasteiger partial charge is 0.479 e. The van der Waals surface area contributed by atoms with Crippen molar-refractivity contribution in [2.45, 2.75) is 203 Å². The first-order chi connectivity index (χ1) is 36.1. The Morgan fingerprint density at radius 1 is 0.342 bits per heavy atom. The highest BCUT2D eigenvalue weighted by Gasteiger charge is 2.58. The first-order valence-corrected chi connectivity index (χ1v) is 24.0. The lowest BCUT2D eigenvalue weighted by atomic mass is 9.98. The number of aliphatic hydroxyl groups excluding tert-OH is 18. The van der Waals surface area contributed by atoms with Gasteiger partial charge in [0.05, 0.1) is 46.2 Å². The van der Waals surface area contributed by atoms with Crippen molar-refractivity contribution in [1.29, 1.82) is 0 Å². The van der Waals surface area contributed by atoms with Gasteiger partial charge in [0.1, 0.15) is 146 Å². The number of aliphatic hydroxyl groups is 18. The van der Waals surface area contributed by atoms with E-state index < -0.39 is 255 Å². The third-order valence-corrected chi connectivity index (χ3v) is 14.1. The zero-order valence-electron chi connectivity index (χ0n) is 39.5. The maximum Gasteiger partial charge on any atom is 0.335 e. The van der Waals surface area contributed by atoms with Gasteiger partial charge in [-0.05, 0) is 0 Å². The molecule has 0 amide bonds. The van der Waals surface area contributed by atoms with Crippen molar-refractivity contribution in [2.24, 2.45) is 0 Å². The molecule has 0 aromatic rings. The van der Waals surface area contributed by atoms with E-state index in [0.29, 0.717) is 0 Å². The van der Waals surface area contributed by atoms with Crippen molar-refractivity contribution in [1.82, 2.24) is 0 Å². The summed E-state index contributed by atoms with van der Waals surface area (Å²) < 4.78 is 85.6. The number of carboxylic acids is 1. The molecule has 35 nitrogen and oxygen atoms in total. The first kappa shape index (κ1) is 60.3. The zero-order chi connectivity index (χ0) is 55.2. The van der Waals surface area contributed by atoms with Gasteiger partial charge in [-0.1, -0.05) is 0 Å². The van der Waals surface area contributed by atoms with Crippen LogP contribution in [0.3, 0.4) is 0 Å². The molecule has 0 spiro atoms. The maximum absolute atomic E-state index is 12.1. The SMILES string of the molecule is O=C(O)C1OC(OC2C(OC3COC(OC4COC(OC5COC(O)C(O)C5O)C(O)C4OC4OC(CO)C(O)C4OC4OC(CO)C(O)C4O)C(O)C3OC3OC(CO)C(O)C3O)OCC(O)C2O)C(O)C(O)C1O. The Labute approximate surface area is 427 Å². The summed E-state index contributed by atoms with van der Waals surface area (Å²) in [5.41, 5.74) is 0. The molecule has 35 heteroatoms. The molecule has 33 unspecified atom stereocenters. The Kier molecular flexibility index (Phi) is 20.2. The minimum atomic E-state index is -2.18. The van der Waals surface area contributed by atoms with E-state index in [0.717, 1.165) is 0 Å². The molecular formula is C41H66O35. The zero-order valence-corrected chi connectivity index (χ0v) is 39.5. The van der Waals surface area contributed by atoms with E-state index in [-0.39, 0.29) is 0 Å². The quantitative estimate of drug-likeness (QED) is 0.0606. The Morgan fingerprint density at radius 2 is 0.750 bits per heavy atom. The molecular weight excluding hydrogens is 1050 g/mol. The van der Waals surface area contributed by atoms with Gasteiger partial charge in [-0.15, -0.1) is 0 Å². The Balaban J connectivity index is 1.05. The van der Waals surface area contributed by atoms with Crippen molar-refractivity contribution in [3.05, 3.63) is 0 Å². The van der Waals surface area contributed by atoms with Crippen LogP contribution in [0.25, 0.3) is 0 Å². The number of carbonyl (C=O) groups is 1. The van der Waals surface area contributed by atoms with Gasteiger partial charge in [0.15, 0.2) is 56.4 Å². The van der Waals surface area contributed by atoms with Crippen molar-refractivity contribution in [3.63, 3.8) is 0 Å². The summed E-state index contributed by atoms with van der Waals surface area (Å²) in [6.45, 7) is -5.20. The summed E-state index contributed by atoms with van der Waals surface area (Å²) >= 11 is 0. The lowest BCUT2D eigenvalue weighted by Crippen LogP contribution is -2.65. The molecule has 33 atom stereocenters. The topological polar surface area (TPSA) is 540 Å². The molecule has 8 fully saturated rings. The predicted molar refractivity (Wildman–Crippen MR) is 223 cm³/mol. The van der Waals surface area contributed by atoms with E-state index in [9.17, 15) is 102 Å². The number of hydrogen-bond acceptors (Lipinski definition) is 34. The summed E-state index contributed by atoms with van der Waals surface area (Å²) in [5.74, 6) is -1.79. The molecule has 8 aliphatic heterocycles. The van der Waals surface area contributed by atoms with E-state index >= 15 is 0 Å². The van der Waals surface area contributed by atoms with E-state index in [1.54, 1.807) is 0 Å². The lowest BCUT2D eigenvalue weighted by molar-refractivity contribution is -0.386. The third kappa shape index (κ3) is 12.3. The molecule has 8 heterocycles. The van der Waals surface area contributed by atoms with E-state index in [1.165, 1.54) is 0 Å². The van der Waals surface area contributed by atoms with Gasteiger partial charge in [0.2, 0.25) is 0 Å². The van der Waals surface area contributed by atoms with Gasteiger partial charge in [-0.3, -0.25) is 0 Å². The molecule has 0 aromatic heterocycles. The Morgan fingerprint density at radius 3 is 1.26 bits per heavy atom. The highest BCUT2D eigenvalue weighted by Crippen LogP contribution is 2.37. The summed E-state index contributed by atoms with van der Waals surface area (Å²) in [6, 6.07) is 0. The highest BCUT2D eigenvalue weighted by atomic mass is 16.8. The van der Waals surface area contributed by atoms with Gasteiger partial charge in [-0.2, -0.15) is 0 Å². The third-order valence-electron chi connectivity index (χ3n) is 14.1. The van der Waals surface area contributed by atoms with Gasteiger partial charge < -0.3 is 168 Å². The number of ether oxygens (including phenoxy) is 15. The van der Waals surface area contributed by atoms with Crippen LogP contribution >= 0.6 is 0 Å². The smallest absolute Gasteiger partial charge is 0.335 e. The molecule has 8 aliphatic rings. The molecule has 0 radical (unpaired) electrons. The fourth-order valence-electron chi connectivity index (χ4n) is 9.62. The highest BCUT2D eigenvalue weighted by molar-refractivity contribution is 5.73. The van der Waals surface area contributed by atoms with Crippen LogP contribution in [0.1, 0.15) is 0 Å². The van der Waals surface area contributed by atoms with Gasteiger partial charge in [-0.25, -0.2) is 4.79 Å². The van der Waals surface area contributed by atoms with E-state index in [4.69, 9.17) is 71.1 Å². The molecule has 8 rings (SSSR count). The summed E-state index contributed by atoms with van der Waals surface area (Å²) in [7, 11) is 0. The Hall–Kier alpha value is -1.85. The molecule has 0 saturated carbocycles. The second kappa shape index (κ2) is 25.5. The van der Waals surface area contributed by atoms with Crippen LogP contribution in [0.15, 0.2) is 0 Å². The van der Waals surface area contributed by atoms with Crippen molar-refractivity contribution in [3.8, 4) is 0 Å². The van der Waals surface area contributed by atoms with Gasteiger partial charge >= 0.3 is 5.97 Å². The van der Waals surface area contributed by atoms with Crippen molar-refractivity contribution < 1.29 is 173 Å². The average Bonchev–Trinajstić information content (AvgIpc) is 3.97. The van der Waals surface area contributed by atoms with Crippen molar-refractivity contribution >= 4 is 5.97 Å². The molecule has 76 heavy (non-hydrogen) atoms. The van der Waals surface area contributed by atoms with Crippen LogP contribution < -0.4 is 0 Å². The van der Waals surface area contributed by atoms with Gasteiger partial charge in [0, 0.05) is 0 Å². The first-order valence-electron chi connectivity index (χ1n) is 24.0. The van der Waals surface area contributed by atoms with Gasteiger partial charge in [0.25, 0.3) is 0 Å². The monoisotopic (exact) mass is 1120 g/mol.